The second-order valence-corrected chi connectivity index (χ2v) is 8.37. The molecule has 0 unspecified atom stereocenters. The van der Waals surface area contributed by atoms with Crippen LogP contribution in [0.3, 0.4) is 0 Å². The van der Waals surface area contributed by atoms with Gasteiger partial charge in [-0.05, 0) is 50.1 Å². The maximum atomic E-state index is 15.1. The Kier molecular flexibility index (Phi) is 5.28. The minimum absolute atomic E-state index is 0.0851. The van der Waals surface area contributed by atoms with Gasteiger partial charge >= 0.3 is 0 Å². The van der Waals surface area contributed by atoms with Crippen molar-refractivity contribution >= 4 is 16.9 Å². The van der Waals surface area contributed by atoms with E-state index in [1.54, 1.807) is 17.8 Å². The zero-order chi connectivity index (χ0) is 24.9. The van der Waals surface area contributed by atoms with Crippen molar-refractivity contribution in [2.45, 2.75) is 20.8 Å². The summed E-state index contributed by atoms with van der Waals surface area (Å²) in [4.78, 5) is 28.9. The lowest BCUT2D eigenvalue weighted by Gasteiger charge is -2.12. The first-order valence-electron chi connectivity index (χ1n) is 10.8. The molecule has 0 saturated heterocycles. The van der Waals surface area contributed by atoms with Crippen molar-refractivity contribution in [3.8, 4) is 33.8 Å². The van der Waals surface area contributed by atoms with Crippen LogP contribution >= 0.6 is 0 Å². The number of nitrogens with zero attached hydrogens (tertiary/aromatic N) is 7. The Morgan fingerprint density at radius 3 is 2.34 bits per heavy atom. The van der Waals surface area contributed by atoms with Crippen molar-refractivity contribution in [1.29, 1.82) is 0 Å². The Balaban J connectivity index is 1.76. The number of hydrogen-bond donors (Lipinski definition) is 0. The summed E-state index contributed by atoms with van der Waals surface area (Å²) in [5.41, 5.74) is 5.53. The fraction of sp³-hybridized carbons (Fsp3) is 0.160. The molecule has 3 aromatic heterocycles. The molecule has 0 saturated carbocycles. The predicted octanol–water partition coefficient (Wildman–Crippen LogP) is 5.13. The quantitative estimate of drug-likeness (QED) is 0.265. The number of benzene rings is 2. The van der Waals surface area contributed by atoms with E-state index in [1.165, 1.54) is 12.1 Å². The maximum absolute atomic E-state index is 15.1. The summed E-state index contributed by atoms with van der Waals surface area (Å²) < 4.78 is 16.8. The fourth-order valence-electron chi connectivity index (χ4n) is 3.89. The van der Waals surface area contributed by atoms with E-state index in [2.05, 4.69) is 25.0 Å². The first kappa shape index (κ1) is 22.2. The molecule has 0 spiro atoms. The highest BCUT2D eigenvalue weighted by Crippen LogP contribution is 2.33. The second kappa shape index (κ2) is 8.32. The van der Waals surface area contributed by atoms with Crippen molar-refractivity contribution in [1.82, 2.24) is 29.7 Å². The molecule has 0 fully saturated rings. The van der Waals surface area contributed by atoms with Crippen LogP contribution in [0.5, 0.6) is 0 Å². The Hall–Kier alpha value is -4.60. The third-order valence-electron chi connectivity index (χ3n) is 5.73. The minimum Gasteiger partial charge on any atom is -0.275 e. The van der Waals surface area contributed by atoms with Gasteiger partial charge in [0.2, 0.25) is 0 Å². The Bertz CT molecular complexity index is 1650. The molecular weight excluding hydrogens is 449 g/mol. The minimum atomic E-state index is -0.773. The molecule has 0 N–H and O–H groups in total. The number of aromatic nitrogens is 6. The number of halogens is 1. The summed E-state index contributed by atoms with van der Waals surface area (Å²) >= 11 is 0. The molecule has 0 atom stereocenters. The number of rotatable bonds is 4. The van der Waals surface area contributed by atoms with Crippen LogP contribution in [-0.4, -0.2) is 34.6 Å². The smallest absolute Gasteiger partial charge is 0.272 e. The van der Waals surface area contributed by atoms with Crippen LogP contribution in [0.1, 0.15) is 17.0 Å². The third-order valence-corrected chi connectivity index (χ3v) is 5.73. The van der Waals surface area contributed by atoms with Crippen LogP contribution in [-0.2, 0) is 7.05 Å². The van der Waals surface area contributed by atoms with Gasteiger partial charge in [-0.2, -0.15) is 5.10 Å². The molecule has 3 heterocycles. The molecule has 0 bridgehead atoms. The van der Waals surface area contributed by atoms with Crippen LogP contribution in [0.25, 0.3) is 44.9 Å². The van der Waals surface area contributed by atoms with Crippen molar-refractivity contribution in [3.63, 3.8) is 0 Å². The summed E-state index contributed by atoms with van der Waals surface area (Å²) in [5.74, 6) is -0.429. The molecule has 0 aliphatic rings. The van der Waals surface area contributed by atoms with E-state index in [-0.39, 0.29) is 16.9 Å². The highest BCUT2D eigenvalue weighted by Gasteiger charge is 2.20. The van der Waals surface area contributed by atoms with Crippen LogP contribution in [0, 0.1) is 36.7 Å². The van der Waals surface area contributed by atoms with Gasteiger partial charge in [0.1, 0.15) is 17.0 Å². The molecule has 5 aromatic rings. The highest BCUT2D eigenvalue weighted by molar-refractivity contribution is 5.89. The number of nitro groups is 1. The van der Waals surface area contributed by atoms with Gasteiger partial charge < -0.3 is 0 Å². The monoisotopic (exact) mass is 469 g/mol. The van der Waals surface area contributed by atoms with Crippen LogP contribution in [0.2, 0.25) is 0 Å². The van der Waals surface area contributed by atoms with E-state index in [9.17, 15) is 10.1 Å². The van der Waals surface area contributed by atoms with Crippen LogP contribution in [0.15, 0.2) is 48.8 Å². The van der Waals surface area contributed by atoms with Gasteiger partial charge in [-0.1, -0.05) is 6.07 Å². The van der Waals surface area contributed by atoms with Gasteiger partial charge in [0, 0.05) is 36.0 Å². The van der Waals surface area contributed by atoms with Crippen molar-refractivity contribution in [3.05, 3.63) is 81.7 Å². The molecule has 5 rings (SSSR count). The molecule has 0 radical (unpaired) electrons. The molecule has 10 heteroatoms. The Labute approximate surface area is 199 Å². The summed E-state index contributed by atoms with van der Waals surface area (Å²) in [7, 11) is 1.85. The molecular formula is C25H20FN7O2. The lowest BCUT2D eigenvalue weighted by atomic mass is 10.0. The predicted molar refractivity (Wildman–Crippen MR) is 129 cm³/mol. The van der Waals surface area contributed by atoms with Gasteiger partial charge in [-0.25, -0.2) is 24.3 Å². The fourth-order valence-corrected chi connectivity index (χ4v) is 3.89. The van der Waals surface area contributed by atoms with Gasteiger partial charge in [-0.15, -0.1) is 0 Å². The van der Waals surface area contributed by atoms with Gasteiger partial charge in [0.05, 0.1) is 28.6 Å². The van der Waals surface area contributed by atoms with Crippen LogP contribution < -0.4 is 0 Å². The zero-order valence-corrected chi connectivity index (χ0v) is 19.4. The van der Waals surface area contributed by atoms with Crippen molar-refractivity contribution in [2.24, 2.45) is 7.05 Å². The average Bonchev–Trinajstić information content (AvgIpc) is 3.25. The van der Waals surface area contributed by atoms with E-state index in [4.69, 9.17) is 0 Å². The largest absolute Gasteiger partial charge is 0.275 e. The Morgan fingerprint density at radius 2 is 1.66 bits per heavy atom. The number of non-ortho nitro benzene ring substituents is 1. The topological polar surface area (TPSA) is 113 Å². The molecule has 174 valence electrons. The zero-order valence-electron chi connectivity index (χ0n) is 19.4. The molecule has 0 amide bonds. The summed E-state index contributed by atoms with van der Waals surface area (Å²) in [6, 6.07) is 9.37. The van der Waals surface area contributed by atoms with Crippen molar-refractivity contribution in [2.75, 3.05) is 0 Å². The highest BCUT2D eigenvalue weighted by atomic mass is 19.1. The molecule has 35 heavy (non-hydrogen) atoms. The summed E-state index contributed by atoms with van der Waals surface area (Å²) in [6.45, 7) is 5.59. The standard InChI is InChI=1S/C25H20FN7O2/c1-13-7-16(18-11-27-32(4)12-18)9-17(8-13)24-30-22(20-6-5-19(33(34)35)10-21(20)26)23-25(31-24)29-15(3)14(2)28-23/h5-12H,1-4H3. The number of nitro benzene ring substituents is 1. The third kappa shape index (κ3) is 4.10. The van der Waals surface area contributed by atoms with Gasteiger partial charge in [0.15, 0.2) is 11.5 Å². The lowest BCUT2D eigenvalue weighted by molar-refractivity contribution is -0.385. The number of fused-ring (bicyclic) bond motifs is 1. The normalized spacial score (nSPS) is 11.2. The molecule has 0 aliphatic carbocycles. The van der Waals surface area contributed by atoms with Crippen molar-refractivity contribution < 1.29 is 9.31 Å². The van der Waals surface area contributed by atoms with Crippen LogP contribution in [0.4, 0.5) is 10.1 Å². The van der Waals surface area contributed by atoms with E-state index in [0.29, 0.717) is 33.9 Å². The average molecular weight is 469 g/mol. The number of hydrogen-bond acceptors (Lipinski definition) is 7. The summed E-state index contributed by atoms with van der Waals surface area (Å²) in [6.07, 6.45) is 3.68. The SMILES string of the molecule is Cc1cc(-c2cnn(C)c2)cc(-c2nc(-c3ccc([N+](=O)[O-])cc3F)c3nc(C)c(C)nc3n2)c1. The first-order valence-corrected chi connectivity index (χ1v) is 10.8. The van der Waals surface area contributed by atoms with E-state index in [1.807, 2.05) is 45.3 Å². The number of aryl methyl sites for hydroxylation is 4. The summed E-state index contributed by atoms with van der Waals surface area (Å²) in [5, 5.41) is 15.3. The molecule has 0 aliphatic heterocycles. The molecule has 2 aromatic carbocycles. The second-order valence-electron chi connectivity index (χ2n) is 8.37. The molecule has 9 nitrogen and oxygen atoms in total. The maximum Gasteiger partial charge on any atom is 0.272 e. The Morgan fingerprint density at radius 1 is 0.914 bits per heavy atom. The lowest BCUT2D eigenvalue weighted by Crippen LogP contribution is -2.03. The first-order chi connectivity index (χ1) is 16.7. The van der Waals surface area contributed by atoms with E-state index >= 15 is 4.39 Å². The van der Waals surface area contributed by atoms with E-state index in [0.717, 1.165) is 22.8 Å². The van der Waals surface area contributed by atoms with Gasteiger partial charge in [0.25, 0.3) is 5.69 Å². The van der Waals surface area contributed by atoms with Gasteiger partial charge in [-0.3, -0.25) is 14.8 Å². The van der Waals surface area contributed by atoms with E-state index < -0.39 is 10.7 Å².